The summed E-state index contributed by atoms with van der Waals surface area (Å²) in [6.45, 7) is 12.3. The van der Waals surface area contributed by atoms with Crippen LogP contribution in [0.2, 0.25) is 0 Å². The Hall–Kier alpha value is -0.120. The van der Waals surface area contributed by atoms with Gasteiger partial charge in [0.1, 0.15) is 0 Å². The number of morpholine rings is 1. The van der Waals surface area contributed by atoms with Crippen LogP contribution >= 0.6 is 0 Å². The molecule has 2 fully saturated rings. The minimum atomic E-state index is 0.386. The van der Waals surface area contributed by atoms with E-state index in [1.807, 2.05) is 0 Å². The third-order valence-corrected chi connectivity index (χ3v) is 4.31. The maximum Gasteiger partial charge on any atom is 0.0674 e. The predicted molar refractivity (Wildman–Crippen MR) is 71.2 cm³/mol. The second kappa shape index (κ2) is 5.68. The van der Waals surface area contributed by atoms with Gasteiger partial charge >= 0.3 is 0 Å². The molecule has 0 amide bonds. The summed E-state index contributed by atoms with van der Waals surface area (Å²) in [6, 6.07) is 2.03. The summed E-state index contributed by atoms with van der Waals surface area (Å²) < 4.78 is 5.70. The summed E-state index contributed by atoms with van der Waals surface area (Å²) in [5, 5.41) is 3.64. The molecule has 100 valence electrons. The van der Waals surface area contributed by atoms with Gasteiger partial charge in [0.15, 0.2) is 0 Å². The lowest BCUT2D eigenvalue weighted by atomic mass is 9.99. The maximum atomic E-state index is 5.70. The first-order chi connectivity index (χ1) is 8.08. The van der Waals surface area contributed by atoms with E-state index in [1.165, 1.54) is 12.8 Å². The Balaban J connectivity index is 1.80. The van der Waals surface area contributed by atoms with Crippen LogP contribution < -0.4 is 5.32 Å². The Morgan fingerprint density at radius 2 is 2.00 bits per heavy atom. The van der Waals surface area contributed by atoms with Gasteiger partial charge in [-0.25, -0.2) is 0 Å². The van der Waals surface area contributed by atoms with E-state index >= 15 is 0 Å². The van der Waals surface area contributed by atoms with Crippen LogP contribution in [0.5, 0.6) is 0 Å². The van der Waals surface area contributed by atoms with Crippen molar-refractivity contribution in [1.29, 1.82) is 0 Å². The fraction of sp³-hybridized carbons (Fsp3) is 1.00. The molecule has 3 nitrogen and oxygen atoms in total. The molecule has 1 aliphatic heterocycles. The topological polar surface area (TPSA) is 24.5 Å². The number of hydrogen-bond acceptors (Lipinski definition) is 3. The smallest absolute Gasteiger partial charge is 0.0674 e. The van der Waals surface area contributed by atoms with E-state index in [0.29, 0.717) is 24.1 Å². The summed E-state index contributed by atoms with van der Waals surface area (Å²) in [5.41, 5.74) is 0. The summed E-state index contributed by atoms with van der Waals surface area (Å²) >= 11 is 0. The second-order valence-electron chi connectivity index (χ2n) is 6.09. The lowest BCUT2D eigenvalue weighted by Crippen LogP contribution is -2.54. The van der Waals surface area contributed by atoms with Gasteiger partial charge in [0.2, 0.25) is 0 Å². The molecule has 2 aliphatic rings. The van der Waals surface area contributed by atoms with Crippen LogP contribution in [0, 0.1) is 5.92 Å². The first-order valence-electron chi connectivity index (χ1n) is 7.18. The molecule has 0 radical (unpaired) electrons. The standard InChI is InChI=1S/C14H28N2O/c1-10(7-15-14-5-6-14)13(4)16-8-12(3)17-9-11(16)2/h10-15H,5-9H2,1-4H3. The number of nitrogens with one attached hydrogen (secondary N) is 1. The molecule has 1 saturated heterocycles. The van der Waals surface area contributed by atoms with Crippen LogP contribution in [-0.4, -0.2) is 48.8 Å². The van der Waals surface area contributed by atoms with Crippen molar-refractivity contribution in [3.63, 3.8) is 0 Å². The zero-order valence-corrected chi connectivity index (χ0v) is 11.8. The molecule has 1 heterocycles. The molecule has 1 saturated carbocycles. The third kappa shape index (κ3) is 3.67. The van der Waals surface area contributed by atoms with Crippen LogP contribution in [0.3, 0.4) is 0 Å². The third-order valence-electron chi connectivity index (χ3n) is 4.31. The number of hydrogen-bond donors (Lipinski definition) is 1. The molecule has 0 bridgehead atoms. The lowest BCUT2D eigenvalue weighted by molar-refractivity contribution is -0.0706. The normalized spacial score (nSPS) is 34.6. The summed E-state index contributed by atoms with van der Waals surface area (Å²) in [6.07, 6.45) is 3.15. The molecule has 0 aromatic heterocycles. The van der Waals surface area contributed by atoms with Gasteiger partial charge in [-0.3, -0.25) is 4.90 Å². The molecule has 3 heteroatoms. The highest BCUT2D eigenvalue weighted by Gasteiger charge is 2.30. The van der Waals surface area contributed by atoms with Crippen LogP contribution in [0.25, 0.3) is 0 Å². The van der Waals surface area contributed by atoms with Crippen molar-refractivity contribution in [3.05, 3.63) is 0 Å². The van der Waals surface area contributed by atoms with E-state index in [9.17, 15) is 0 Å². The van der Waals surface area contributed by atoms with Crippen LogP contribution in [0.4, 0.5) is 0 Å². The Morgan fingerprint density at radius 1 is 1.29 bits per heavy atom. The van der Waals surface area contributed by atoms with E-state index in [2.05, 4.69) is 37.9 Å². The average molecular weight is 240 g/mol. The molecule has 4 unspecified atom stereocenters. The molecular weight excluding hydrogens is 212 g/mol. The molecule has 0 aromatic carbocycles. The largest absolute Gasteiger partial charge is 0.376 e. The Kier molecular flexibility index (Phi) is 4.45. The Labute approximate surface area is 106 Å². The predicted octanol–water partition coefficient (Wildman–Crippen LogP) is 1.87. The van der Waals surface area contributed by atoms with Crippen molar-refractivity contribution in [2.45, 2.75) is 64.8 Å². The molecule has 0 aromatic rings. The van der Waals surface area contributed by atoms with Gasteiger partial charge in [-0.15, -0.1) is 0 Å². The molecule has 2 rings (SSSR count). The Bertz CT molecular complexity index is 242. The highest BCUT2D eigenvalue weighted by molar-refractivity contribution is 4.86. The number of rotatable bonds is 5. The average Bonchev–Trinajstić information content (AvgIpc) is 3.12. The second-order valence-corrected chi connectivity index (χ2v) is 6.09. The van der Waals surface area contributed by atoms with Gasteiger partial charge in [0.25, 0.3) is 0 Å². The van der Waals surface area contributed by atoms with Crippen molar-refractivity contribution >= 4 is 0 Å². The fourth-order valence-corrected chi connectivity index (χ4v) is 2.63. The minimum absolute atomic E-state index is 0.386. The fourth-order valence-electron chi connectivity index (χ4n) is 2.63. The van der Waals surface area contributed by atoms with Gasteiger partial charge in [-0.1, -0.05) is 6.92 Å². The van der Waals surface area contributed by atoms with Crippen LogP contribution in [0.15, 0.2) is 0 Å². The van der Waals surface area contributed by atoms with Gasteiger partial charge < -0.3 is 10.1 Å². The van der Waals surface area contributed by atoms with Crippen molar-refractivity contribution in [1.82, 2.24) is 10.2 Å². The van der Waals surface area contributed by atoms with E-state index in [4.69, 9.17) is 4.74 Å². The minimum Gasteiger partial charge on any atom is -0.376 e. The molecule has 1 N–H and O–H groups in total. The maximum absolute atomic E-state index is 5.70. The first-order valence-corrected chi connectivity index (χ1v) is 7.18. The van der Waals surface area contributed by atoms with Gasteiger partial charge in [-0.2, -0.15) is 0 Å². The van der Waals surface area contributed by atoms with Gasteiger partial charge in [0, 0.05) is 24.7 Å². The summed E-state index contributed by atoms with van der Waals surface area (Å²) in [4.78, 5) is 2.62. The lowest BCUT2D eigenvalue weighted by Gasteiger charge is -2.42. The van der Waals surface area contributed by atoms with Crippen LogP contribution in [0.1, 0.15) is 40.5 Å². The molecule has 17 heavy (non-hydrogen) atoms. The zero-order chi connectivity index (χ0) is 12.4. The van der Waals surface area contributed by atoms with Crippen molar-refractivity contribution in [2.24, 2.45) is 5.92 Å². The van der Waals surface area contributed by atoms with Crippen molar-refractivity contribution in [3.8, 4) is 0 Å². The Morgan fingerprint density at radius 3 is 2.65 bits per heavy atom. The van der Waals surface area contributed by atoms with Crippen molar-refractivity contribution in [2.75, 3.05) is 19.7 Å². The quantitative estimate of drug-likeness (QED) is 0.794. The van der Waals surface area contributed by atoms with E-state index in [1.54, 1.807) is 0 Å². The van der Waals surface area contributed by atoms with Crippen molar-refractivity contribution < 1.29 is 4.74 Å². The number of nitrogens with zero attached hydrogens (tertiary/aromatic N) is 1. The van der Waals surface area contributed by atoms with Crippen LogP contribution in [-0.2, 0) is 4.74 Å². The molecular formula is C14H28N2O. The zero-order valence-electron chi connectivity index (χ0n) is 11.8. The summed E-state index contributed by atoms with van der Waals surface area (Å²) in [7, 11) is 0. The van der Waals surface area contributed by atoms with Gasteiger partial charge in [0.05, 0.1) is 12.7 Å². The van der Waals surface area contributed by atoms with Gasteiger partial charge in [-0.05, 0) is 46.1 Å². The molecule has 4 atom stereocenters. The molecule has 1 aliphatic carbocycles. The molecule has 0 spiro atoms. The van der Waals surface area contributed by atoms with E-state index in [0.717, 1.165) is 25.7 Å². The monoisotopic (exact) mass is 240 g/mol. The first kappa shape index (κ1) is 13.3. The van der Waals surface area contributed by atoms with E-state index < -0.39 is 0 Å². The SMILES string of the molecule is CC1CN(C(C)C(C)CNC2CC2)C(C)CO1. The van der Waals surface area contributed by atoms with E-state index in [-0.39, 0.29) is 0 Å². The number of ether oxygens (including phenoxy) is 1. The summed E-state index contributed by atoms with van der Waals surface area (Å²) in [5.74, 6) is 0.711. The highest BCUT2D eigenvalue weighted by Crippen LogP contribution is 2.22. The highest BCUT2D eigenvalue weighted by atomic mass is 16.5.